The van der Waals surface area contributed by atoms with Crippen LogP contribution >= 0.6 is 0 Å². The Kier molecular flexibility index (Phi) is 8.86. The first-order chi connectivity index (χ1) is 28.3. The molecule has 0 unspecified atom stereocenters. The Morgan fingerprint density at radius 2 is 0.351 bits per heavy atom. The van der Waals surface area contributed by atoms with Gasteiger partial charge in [-0.1, -0.05) is 127 Å². The average molecular weight is 730 g/mol. The maximum absolute atomic E-state index is 2.38. The van der Waals surface area contributed by atoms with Gasteiger partial charge in [0.15, 0.2) is 0 Å². The Hall–Kier alpha value is -7.62. The van der Waals surface area contributed by atoms with Crippen LogP contribution < -0.4 is 14.7 Å². The summed E-state index contributed by atoms with van der Waals surface area (Å²) in [5.41, 5.74) is 9.97. The summed E-state index contributed by atoms with van der Waals surface area (Å²) in [6.07, 6.45) is 0. The van der Waals surface area contributed by atoms with Crippen molar-refractivity contribution in [1.29, 1.82) is 0 Å². The lowest BCUT2D eigenvalue weighted by atomic mass is 9.92. The lowest BCUT2D eigenvalue weighted by Crippen LogP contribution is -2.10. The summed E-state index contributed by atoms with van der Waals surface area (Å²) in [5, 5.41) is 7.23. The number of rotatable bonds is 9. The lowest BCUT2D eigenvalue weighted by molar-refractivity contribution is 1.29. The van der Waals surface area contributed by atoms with Crippen molar-refractivity contribution >= 4 is 83.5 Å². The van der Waals surface area contributed by atoms with Gasteiger partial charge in [-0.05, 0) is 142 Å². The molecule has 10 aromatic carbocycles. The molecule has 3 nitrogen and oxygen atoms in total. The normalized spacial score (nSPS) is 11.2. The Morgan fingerprint density at radius 1 is 0.158 bits per heavy atom. The second-order valence-corrected chi connectivity index (χ2v) is 14.2. The van der Waals surface area contributed by atoms with Gasteiger partial charge in [-0.25, -0.2) is 0 Å². The summed E-state index contributed by atoms with van der Waals surface area (Å²) in [4.78, 5) is 7.04. The van der Waals surface area contributed by atoms with E-state index < -0.39 is 0 Å². The number of para-hydroxylation sites is 6. The van der Waals surface area contributed by atoms with Crippen molar-refractivity contribution in [3.8, 4) is 0 Å². The summed E-state index contributed by atoms with van der Waals surface area (Å²) < 4.78 is 0. The molecule has 0 fully saturated rings. The molecule has 3 heteroatoms. The van der Waals surface area contributed by atoms with Crippen molar-refractivity contribution in [1.82, 2.24) is 0 Å². The molecular formula is C54H39N3. The molecule has 57 heavy (non-hydrogen) atoms. The van der Waals surface area contributed by atoms with E-state index in [4.69, 9.17) is 0 Å². The van der Waals surface area contributed by atoms with E-state index in [0.717, 1.165) is 51.2 Å². The summed E-state index contributed by atoms with van der Waals surface area (Å²) in [7, 11) is 0. The molecule has 10 rings (SSSR count). The molecule has 0 N–H and O–H groups in total. The molecule has 0 aliphatic carbocycles. The molecule has 0 spiro atoms. The van der Waals surface area contributed by atoms with Gasteiger partial charge >= 0.3 is 0 Å². The Labute approximate surface area is 333 Å². The van der Waals surface area contributed by atoms with Gasteiger partial charge in [0.2, 0.25) is 0 Å². The maximum atomic E-state index is 2.38. The van der Waals surface area contributed by atoms with Crippen LogP contribution in [-0.4, -0.2) is 0 Å². The van der Waals surface area contributed by atoms with Gasteiger partial charge in [0.25, 0.3) is 0 Å². The Balaban J connectivity index is 1.25. The van der Waals surface area contributed by atoms with Crippen molar-refractivity contribution in [2.75, 3.05) is 14.7 Å². The number of nitrogens with zero attached hydrogens (tertiary/aromatic N) is 3. The van der Waals surface area contributed by atoms with Crippen LogP contribution in [0, 0.1) is 0 Å². The minimum atomic E-state index is 1.10. The van der Waals surface area contributed by atoms with E-state index in [9.17, 15) is 0 Å². The second kappa shape index (κ2) is 14.9. The highest BCUT2D eigenvalue weighted by atomic mass is 15.2. The molecule has 0 aliphatic heterocycles. The first-order valence-corrected chi connectivity index (χ1v) is 19.4. The van der Waals surface area contributed by atoms with Crippen LogP contribution in [0.5, 0.6) is 0 Å². The molecule has 0 aliphatic rings. The van der Waals surface area contributed by atoms with Crippen LogP contribution in [-0.2, 0) is 0 Å². The number of anilines is 9. The van der Waals surface area contributed by atoms with Gasteiger partial charge in [-0.3, -0.25) is 0 Å². The van der Waals surface area contributed by atoms with Crippen LogP contribution in [0.3, 0.4) is 0 Å². The number of benzene rings is 10. The zero-order chi connectivity index (χ0) is 38.0. The maximum Gasteiger partial charge on any atom is 0.0468 e. The lowest BCUT2D eigenvalue weighted by Gasteiger charge is -2.28. The molecule has 0 aromatic heterocycles. The van der Waals surface area contributed by atoms with E-state index in [1.807, 2.05) is 0 Å². The topological polar surface area (TPSA) is 9.72 Å². The molecule has 0 saturated heterocycles. The van der Waals surface area contributed by atoms with Crippen molar-refractivity contribution in [2.24, 2.45) is 0 Å². The van der Waals surface area contributed by atoms with E-state index in [1.54, 1.807) is 0 Å². The zero-order valence-corrected chi connectivity index (χ0v) is 31.4. The Morgan fingerprint density at radius 3 is 0.579 bits per heavy atom. The molecule has 270 valence electrons. The van der Waals surface area contributed by atoms with Crippen molar-refractivity contribution in [3.05, 3.63) is 237 Å². The quantitative estimate of drug-likeness (QED) is 0.137. The highest BCUT2D eigenvalue weighted by Crippen LogP contribution is 2.45. The standard InChI is InChI=1S/C54H39N3/c1-7-19-40(20-8-1)55(41-21-9-2-10-22-41)46-31-34-49-50-35-32-47(56(42-23-11-3-12-24-42)43-25-13-4-14-26-43)38-53(50)54-39-48(33-36-51(54)52(49)37-46)57(44-27-15-5-16-28-44)45-29-17-6-18-30-45/h1-39H. The van der Waals surface area contributed by atoms with Gasteiger partial charge in [0.1, 0.15) is 0 Å². The summed E-state index contributed by atoms with van der Waals surface area (Å²) in [5.74, 6) is 0. The fourth-order valence-electron chi connectivity index (χ4n) is 8.19. The third-order valence-electron chi connectivity index (χ3n) is 10.7. The molecule has 0 amide bonds. The largest absolute Gasteiger partial charge is 0.310 e. The molecule has 0 atom stereocenters. The van der Waals surface area contributed by atoms with E-state index in [1.165, 1.54) is 32.3 Å². The number of fused-ring (bicyclic) bond motifs is 6. The predicted octanol–water partition coefficient (Wildman–Crippen LogP) is 15.6. The van der Waals surface area contributed by atoms with Gasteiger partial charge in [-0.15, -0.1) is 0 Å². The van der Waals surface area contributed by atoms with E-state index in [-0.39, 0.29) is 0 Å². The van der Waals surface area contributed by atoms with Crippen LogP contribution in [0.4, 0.5) is 51.2 Å². The predicted molar refractivity (Wildman–Crippen MR) is 243 cm³/mol. The smallest absolute Gasteiger partial charge is 0.0468 e. The molecule has 0 radical (unpaired) electrons. The number of hydrogen-bond acceptors (Lipinski definition) is 3. The van der Waals surface area contributed by atoms with Gasteiger partial charge < -0.3 is 14.7 Å². The fraction of sp³-hybridized carbons (Fsp3) is 0. The average Bonchev–Trinajstić information content (AvgIpc) is 3.29. The minimum Gasteiger partial charge on any atom is -0.310 e. The first kappa shape index (κ1) is 33.9. The van der Waals surface area contributed by atoms with Crippen molar-refractivity contribution in [2.45, 2.75) is 0 Å². The highest BCUT2D eigenvalue weighted by Gasteiger charge is 2.20. The molecule has 0 bridgehead atoms. The number of hydrogen-bond donors (Lipinski definition) is 0. The summed E-state index contributed by atoms with van der Waals surface area (Å²) in [6.45, 7) is 0. The second-order valence-electron chi connectivity index (χ2n) is 14.2. The highest BCUT2D eigenvalue weighted by molar-refractivity contribution is 6.27. The van der Waals surface area contributed by atoms with Crippen LogP contribution in [0.15, 0.2) is 237 Å². The zero-order valence-electron chi connectivity index (χ0n) is 31.4. The molecule has 0 saturated carbocycles. The van der Waals surface area contributed by atoms with E-state index >= 15 is 0 Å². The third-order valence-corrected chi connectivity index (χ3v) is 10.7. The van der Waals surface area contributed by atoms with Gasteiger partial charge in [-0.2, -0.15) is 0 Å². The molecule has 10 aromatic rings. The monoisotopic (exact) mass is 729 g/mol. The minimum absolute atomic E-state index is 1.10. The molecular weight excluding hydrogens is 691 g/mol. The molecule has 0 heterocycles. The van der Waals surface area contributed by atoms with Gasteiger partial charge in [0.05, 0.1) is 0 Å². The van der Waals surface area contributed by atoms with Crippen LogP contribution in [0.25, 0.3) is 32.3 Å². The van der Waals surface area contributed by atoms with Gasteiger partial charge in [0, 0.05) is 51.2 Å². The van der Waals surface area contributed by atoms with Crippen molar-refractivity contribution < 1.29 is 0 Å². The van der Waals surface area contributed by atoms with Crippen molar-refractivity contribution in [3.63, 3.8) is 0 Å². The Bertz CT molecular complexity index is 2820. The van der Waals surface area contributed by atoms with Crippen LogP contribution in [0.1, 0.15) is 0 Å². The SMILES string of the molecule is c1ccc(N(c2ccccc2)c2ccc3c4ccc(N(c5ccccc5)c5ccccc5)cc4c4cc(N(c5ccccc5)c5ccccc5)ccc4c3c2)cc1. The van der Waals surface area contributed by atoms with E-state index in [0.29, 0.717) is 0 Å². The first-order valence-electron chi connectivity index (χ1n) is 19.4. The summed E-state index contributed by atoms with van der Waals surface area (Å²) in [6, 6.07) is 84.8. The van der Waals surface area contributed by atoms with E-state index in [2.05, 4.69) is 251 Å². The summed E-state index contributed by atoms with van der Waals surface area (Å²) >= 11 is 0. The third kappa shape index (κ3) is 6.41. The van der Waals surface area contributed by atoms with Crippen LogP contribution in [0.2, 0.25) is 0 Å². The fourth-order valence-corrected chi connectivity index (χ4v) is 8.19.